The second-order valence-electron chi connectivity index (χ2n) is 7.45. The van der Waals surface area contributed by atoms with Crippen molar-refractivity contribution in [3.63, 3.8) is 0 Å². The maximum atomic E-state index is 3.77. The number of nitrogens with one attached hydrogen (secondary N) is 1. The zero-order valence-corrected chi connectivity index (χ0v) is 13.6. The van der Waals surface area contributed by atoms with Crippen LogP contribution in [0.4, 0.5) is 0 Å². The Morgan fingerprint density at radius 3 is 2.33 bits per heavy atom. The van der Waals surface area contributed by atoms with Crippen LogP contribution < -0.4 is 5.32 Å². The number of nitrogens with zero attached hydrogens (tertiary/aromatic N) is 1. The van der Waals surface area contributed by atoms with Crippen LogP contribution in [-0.4, -0.2) is 29.6 Å². The summed E-state index contributed by atoms with van der Waals surface area (Å²) in [5.74, 6) is 0. The van der Waals surface area contributed by atoms with Gasteiger partial charge in [-0.25, -0.2) is 0 Å². The minimum absolute atomic E-state index is 0.278. The van der Waals surface area contributed by atoms with Crippen molar-refractivity contribution in [1.82, 2.24) is 10.2 Å². The van der Waals surface area contributed by atoms with Gasteiger partial charge < -0.3 is 5.32 Å². The summed E-state index contributed by atoms with van der Waals surface area (Å²) in [6.45, 7) is 7.06. The fourth-order valence-electron chi connectivity index (χ4n) is 4.10. The van der Waals surface area contributed by atoms with Gasteiger partial charge in [0.2, 0.25) is 0 Å². The van der Waals surface area contributed by atoms with Gasteiger partial charge in [-0.05, 0) is 32.3 Å². The lowest BCUT2D eigenvalue weighted by Crippen LogP contribution is -2.61. The quantitative estimate of drug-likeness (QED) is 0.822. The first kappa shape index (κ1) is 15.1. The number of rotatable bonds is 2. The van der Waals surface area contributed by atoms with Crippen LogP contribution in [0, 0.1) is 0 Å². The van der Waals surface area contributed by atoms with E-state index in [0.29, 0.717) is 6.04 Å². The highest BCUT2D eigenvalue weighted by Gasteiger charge is 2.38. The van der Waals surface area contributed by atoms with E-state index in [9.17, 15) is 0 Å². The highest BCUT2D eigenvalue weighted by molar-refractivity contribution is 5.20. The summed E-state index contributed by atoms with van der Waals surface area (Å²) >= 11 is 0. The van der Waals surface area contributed by atoms with Gasteiger partial charge in [0.25, 0.3) is 0 Å². The van der Waals surface area contributed by atoms with Gasteiger partial charge in [0.1, 0.15) is 0 Å². The van der Waals surface area contributed by atoms with Crippen molar-refractivity contribution in [2.24, 2.45) is 0 Å². The molecule has 0 amide bonds. The predicted molar refractivity (Wildman–Crippen MR) is 89.5 cm³/mol. The van der Waals surface area contributed by atoms with Crippen molar-refractivity contribution in [1.29, 1.82) is 0 Å². The highest BCUT2D eigenvalue weighted by Crippen LogP contribution is 2.32. The largest absolute Gasteiger partial charge is 0.307 e. The molecular weight excluding hydrogens is 256 g/mol. The Bertz CT molecular complexity index is 432. The molecule has 0 radical (unpaired) electrons. The zero-order chi connectivity index (χ0) is 14.7. The van der Waals surface area contributed by atoms with Crippen LogP contribution in [0.5, 0.6) is 0 Å². The number of hydrogen-bond acceptors (Lipinski definition) is 2. The fourth-order valence-corrected chi connectivity index (χ4v) is 4.10. The predicted octanol–water partition coefficient (Wildman–Crippen LogP) is 4.13. The first-order valence-corrected chi connectivity index (χ1v) is 8.72. The van der Waals surface area contributed by atoms with Crippen molar-refractivity contribution in [3.8, 4) is 0 Å². The Morgan fingerprint density at radius 1 is 1.00 bits per heavy atom. The van der Waals surface area contributed by atoms with Crippen LogP contribution in [0.3, 0.4) is 0 Å². The van der Waals surface area contributed by atoms with Gasteiger partial charge in [-0.3, -0.25) is 4.90 Å². The van der Waals surface area contributed by atoms with E-state index >= 15 is 0 Å². The van der Waals surface area contributed by atoms with E-state index in [1.54, 1.807) is 0 Å². The molecule has 0 spiro atoms. The molecule has 1 atom stereocenters. The lowest BCUT2D eigenvalue weighted by molar-refractivity contribution is 0.0184. The molecule has 2 aliphatic rings. The molecule has 2 heteroatoms. The summed E-state index contributed by atoms with van der Waals surface area (Å²) in [6.07, 6.45) is 8.49. The first-order valence-electron chi connectivity index (χ1n) is 8.72. The minimum atomic E-state index is 0.278. The maximum Gasteiger partial charge on any atom is 0.0450 e. The molecule has 1 aliphatic carbocycles. The second-order valence-corrected chi connectivity index (χ2v) is 7.45. The number of benzene rings is 1. The summed E-state index contributed by atoms with van der Waals surface area (Å²) in [4.78, 5) is 2.81. The number of piperazine rings is 1. The first-order chi connectivity index (χ1) is 10.2. The molecular formula is C19H30N2. The van der Waals surface area contributed by atoms with E-state index in [2.05, 4.69) is 54.4 Å². The van der Waals surface area contributed by atoms with E-state index < -0.39 is 0 Å². The minimum Gasteiger partial charge on any atom is -0.307 e. The molecule has 2 fully saturated rings. The molecule has 1 unspecified atom stereocenters. The Labute approximate surface area is 129 Å². The van der Waals surface area contributed by atoms with Crippen LogP contribution >= 0.6 is 0 Å². The summed E-state index contributed by atoms with van der Waals surface area (Å²) in [7, 11) is 0. The van der Waals surface area contributed by atoms with Crippen LogP contribution in [0.2, 0.25) is 0 Å². The third-order valence-corrected chi connectivity index (χ3v) is 5.41. The molecule has 1 aromatic rings. The van der Waals surface area contributed by atoms with Crippen molar-refractivity contribution < 1.29 is 0 Å². The lowest BCUT2D eigenvalue weighted by Gasteiger charge is -2.50. The van der Waals surface area contributed by atoms with Gasteiger partial charge in [0.05, 0.1) is 0 Å². The average Bonchev–Trinajstić information content (AvgIpc) is 2.77. The summed E-state index contributed by atoms with van der Waals surface area (Å²) in [6, 6.07) is 12.2. The molecule has 3 rings (SSSR count). The molecule has 2 nitrogen and oxygen atoms in total. The molecule has 1 saturated carbocycles. The summed E-state index contributed by atoms with van der Waals surface area (Å²) < 4.78 is 0. The van der Waals surface area contributed by atoms with Crippen molar-refractivity contribution in [2.75, 3.05) is 13.1 Å². The molecule has 116 valence electrons. The Morgan fingerprint density at radius 2 is 1.67 bits per heavy atom. The Kier molecular flexibility index (Phi) is 4.66. The van der Waals surface area contributed by atoms with Gasteiger partial charge in [-0.2, -0.15) is 0 Å². The molecule has 1 saturated heterocycles. The fraction of sp³-hybridized carbons (Fsp3) is 0.684. The molecule has 1 aromatic carbocycles. The Hall–Kier alpha value is -0.860. The monoisotopic (exact) mass is 286 g/mol. The molecule has 1 aliphatic heterocycles. The van der Waals surface area contributed by atoms with Gasteiger partial charge in [-0.1, -0.05) is 56.0 Å². The molecule has 1 N–H and O–H groups in total. The van der Waals surface area contributed by atoms with Gasteiger partial charge in [-0.15, -0.1) is 0 Å². The second kappa shape index (κ2) is 6.50. The third-order valence-electron chi connectivity index (χ3n) is 5.41. The van der Waals surface area contributed by atoms with E-state index in [-0.39, 0.29) is 5.54 Å². The van der Waals surface area contributed by atoms with Crippen molar-refractivity contribution in [3.05, 3.63) is 35.9 Å². The SMILES string of the molecule is CC1(C)CNC(c2ccccc2)CN1C1CCCCCC1. The van der Waals surface area contributed by atoms with Crippen LogP contribution in [0.25, 0.3) is 0 Å². The van der Waals surface area contributed by atoms with E-state index in [1.165, 1.54) is 44.1 Å². The average molecular weight is 286 g/mol. The van der Waals surface area contributed by atoms with Gasteiger partial charge in [0, 0.05) is 30.7 Å². The third kappa shape index (κ3) is 3.49. The zero-order valence-electron chi connectivity index (χ0n) is 13.6. The maximum absolute atomic E-state index is 3.77. The van der Waals surface area contributed by atoms with Gasteiger partial charge >= 0.3 is 0 Å². The summed E-state index contributed by atoms with van der Waals surface area (Å²) in [5, 5.41) is 3.77. The van der Waals surface area contributed by atoms with Crippen LogP contribution in [0.1, 0.15) is 64.0 Å². The smallest absolute Gasteiger partial charge is 0.0450 e. The van der Waals surface area contributed by atoms with Crippen molar-refractivity contribution >= 4 is 0 Å². The topological polar surface area (TPSA) is 15.3 Å². The van der Waals surface area contributed by atoms with Crippen LogP contribution in [-0.2, 0) is 0 Å². The number of hydrogen-bond donors (Lipinski definition) is 1. The standard InChI is InChI=1S/C19H30N2/c1-19(2)15-20-18(16-10-6-5-7-11-16)14-21(19)17-12-8-3-4-9-13-17/h5-7,10-11,17-18,20H,3-4,8-9,12-15H2,1-2H3. The molecule has 0 bridgehead atoms. The molecule has 0 aromatic heterocycles. The van der Waals surface area contributed by atoms with Crippen molar-refractivity contribution in [2.45, 2.75) is 70.0 Å². The van der Waals surface area contributed by atoms with E-state index in [4.69, 9.17) is 0 Å². The highest BCUT2D eigenvalue weighted by atomic mass is 15.3. The lowest BCUT2D eigenvalue weighted by atomic mass is 9.90. The van der Waals surface area contributed by atoms with Gasteiger partial charge in [0.15, 0.2) is 0 Å². The normalized spacial score (nSPS) is 28.2. The summed E-state index contributed by atoms with van der Waals surface area (Å²) in [5.41, 5.74) is 1.71. The Balaban J connectivity index is 1.75. The van der Waals surface area contributed by atoms with E-state index in [1.807, 2.05) is 0 Å². The molecule has 1 heterocycles. The van der Waals surface area contributed by atoms with Crippen LogP contribution in [0.15, 0.2) is 30.3 Å². The van der Waals surface area contributed by atoms with E-state index in [0.717, 1.165) is 19.1 Å². The molecule has 21 heavy (non-hydrogen) atoms.